The predicted octanol–water partition coefficient (Wildman–Crippen LogP) is 4.57. The van der Waals surface area contributed by atoms with E-state index in [9.17, 15) is 19.5 Å². The van der Waals surface area contributed by atoms with E-state index in [1.54, 1.807) is 14.0 Å². The highest BCUT2D eigenvalue weighted by Gasteiger charge is 2.32. The zero-order valence-electron chi connectivity index (χ0n) is 22.6. The Bertz CT molecular complexity index is 1520. The third kappa shape index (κ3) is 6.12. The molecule has 0 radical (unpaired) electrons. The molecule has 3 aromatic carbocycles. The van der Waals surface area contributed by atoms with Crippen molar-refractivity contribution in [3.05, 3.63) is 107 Å². The Morgan fingerprint density at radius 2 is 1.56 bits per heavy atom. The van der Waals surface area contributed by atoms with Gasteiger partial charge in [-0.1, -0.05) is 78.9 Å². The minimum atomic E-state index is -1.25. The zero-order chi connectivity index (χ0) is 28.9. The van der Waals surface area contributed by atoms with Crippen LogP contribution < -0.4 is 10.6 Å². The molecule has 5 rings (SSSR count). The van der Waals surface area contributed by atoms with E-state index in [0.717, 1.165) is 27.8 Å². The fourth-order valence-corrected chi connectivity index (χ4v) is 4.99. The molecule has 4 aromatic rings. The van der Waals surface area contributed by atoms with Gasteiger partial charge in [-0.3, -0.25) is 9.48 Å². The molecule has 0 bridgehead atoms. The molecule has 0 spiro atoms. The van der Waals surface area contributed by atoms with Crippen molar-refractivity contribution in [1.82, 2.24) is 15.1 Å². The summed E-state index contributed by atoms with van der Waals surface area (Å²) in [6, 6.07) is 24.2. The summed E-state index contributed by atoms with van der Waals surface area (Å²) in [5.41, 5.74) is 5.03. The molecule has 0 unspecified atom stereocenters. The lowest BCUT2D eigenvalue weighted by molar-refractivity contribution is -0.122. The van der Waals surface area contributed by atoms with Crippen molar-refractivity contribution >= 4 is 23.8 Å². The monoisotopic (exact) mass is 554 g/mol. The minimum Gasteiger partial charge on any atom is -0.477 e. The summed E-state index contributed by atoms with van der Waals surface area (Å²) in [7, 11) is 1.54. The quantitative estimate of drug-likeness (QED) is 0.262. The number of ether oxygens (including phenoxy) is 2. The number of fused-ring (bicyclic) bond motifs is 3. The van der Waals surface area contributed by atoms with Gasteiger partial charge in [0.1, 0.15) is 18.2 Å². The van der Waals surface area contributed by atoms with Gasteiger partial charge < -0.3 is 25.2 Å². The van der Waals surface area contributed by atoms with E-state index in [4.69, 9.17) is 9.47 Å². The molecule has 41 heavy (non-hydrogen) atoms. The van der Waals surface area contributed by atoms with E-state index >= 15 is 0 Å². The Labute approximate surface area is 236 Å². The van der Waals surface area contributed by atoms with E-state index in [1.165, 1.54) is 10.9 Å². The average molecular weight is 555 g/mol. The maximum atomic E-state index is 13.4. The van der Waals surface area contributed by atoms with Crippen LogP contribution in [-0.4, -0.2) is 51.6 Å². The van der Waals surface area contributed by atoms with Crippen molar-refractivity contribution in [2.45, 2.75) is 31.6 Å². The van der Waals surface area contributed by atoms with Gasteiger partial charge in [0.05, 0.1) is 12.7 Å². The number of aryl methyl sites for hydroxylation is 1. The number of carboxylic acid groups (broad SMARTS) is 1. The predicted molar refractivity (Wildman–Crippen MR) is 151 cm³/mol. The molecule has 0 fully saturated rings. The molecule has 0 saturated heterocycles. The summed E-state index contributed by atoms with van der Waals surface area (Å²) < 4.78 is 12.9. The Hall–Kier alpha value is -4.96. The molecule has 1 aliphatic carbocycles. The Kier molecular flexibility index (Phi) is 8.11. The molecular formula is C31H30N4O6. The van der Waals surface area contributed by atoms with Crippen LogP contribution in [0.1, 0.15) is 39.9 Å². The summed E-state index contributed by atoms with van der Waals surface area (Å²) >= 11 is 0. The van der Waals surface area contributed by atoms with Crippen LogP contribution in [0.25, 0.3) is 11.1 Å². The van der Waals surface area contributed by atoms with Gasteiger partial charge in [0.15, 0.2) is 5.82 Å². The summed E-state index contributed by atoms with van der Waals surface area (Å²) in [4.78, 5) is 38.1. The molecule has 2 amide bonds. The molecule has 210 valence electrons. The van der Waals surface area contributed by atoms with Gasteiger partial charge in [-0.15, -0.1) is 0 Å². The Morgan fingerprint density at radius 1 is 0.951 bits per heavy atom. The lowest BCUT2D eigenvalue weighted by atomic mass is 9.98. The topological polar surface area (TPSA) is 132 Å². The van der Waals surface area contributed by atoms with E-state index in [2.05, 4.69) is 15.7 Å². The van der Waals surface area contributed by atoms with Crippen molar-refractivity contribution in [2.24, 2.45) is 7.05 Å². The molecule has 10 heteroatoms. The highest BCUT2D eigenvalue weighted by molar-refractivity contribution is 6.02. The van der Waals surface area contributed by atoms with Gasteiger partial charge in [-0.05, 0) is 34.7 Å². The van der Waals surface area contributed by atoms with Crippen LogP contribution in [0.15, 0.2) is 85.1 Å². The van der Waals surface area contributed by atoms with Crippen LogP contribution in [0.3, 0.4) is 0 Å². The minimum absolute atomic E-state index is 0.0663. The van der Waals surface area contributed by atoms with Gasteiger partial charge in [0.25, 0.3) is 5.91 Å². The lowest BCUT2D eigenvalue weighted by Crippen LogP contribution is -2.51. The first-order valence-corrected chi connectivity index (χ1v) is 13.2. The van der Waals surface area contributed by atoms with Gasteiger partial charge in [-0.2, -0.15) is 5.10 Å². The fraction of sp³-hybridized carbons (Fsp3) is 0.226. The molecular weight excluding hydrogens is 524 g/mol. The second-order valence-corrected chi connectivity index (χ2v) is 9.81. The second-order valence-electron chi connectivity index (χ2n) is 9.81. The SMILES string of the molecule is C[C@H](OCc1ccccc1)[C@@H](NC(=O)OCC1c2ccccc2-c2ccccc21)C(=O)Nc1nn(C)cc1C(=O)O. The number of alkyl carbamates (subject to hydrolysis) is 1. The number of benzene rings is 3. The van der Waals surface area contributed by atoms with Crippen LogP contribution in [0, 0.1) is 0 Å². The van der Waals surface area contributed by atoms with Gasteiger partial charge in [0, 0.05) is 19.2 Å². The molecule has 0 aliphatic heterocycles. The molecule has 3 N–H and O–H groups in total. The first kappa shape index (κ1) is 27.6. The smallest absolute Gasteiger partial charge is 0.407 e. The van der Waals surface area contributed by atoms with Crippen LogP contribution >= 0.6 is 0 Å². The Balaban J connectivity index is 1.30. The molecule has 1 aromatic heterocycles. The number of anilines is 1. The van der Waals surface area contributed by atoms with Crippen molar-refractivity contribution in [2.75, 3.05) is 11.9 Å². The number of aromatic carboxylic acids is 1. The molecule has 1 heterocycles. The van der Waals surface area contributed by atoms with E-state index in [0.29, 0.717) is 0 Å². The highest BCUT2D eigenvalue weighted by Crippen LogP contribution is 2.44. The number of hydrogen-bond donors (Lipinski definition) is 3. The summed E-state index contributed by atoms with van der Waals surface area (Å²) in [6.45, 7) is 1.91. The van der Waals surface area contributed by atoms with E-state index in [1.807, 2.05) is 78.9 Å². The van der Waals surface area contributed by atoms with Gasteiger partial charge in [-0.25, -0.2) is 9.59 Å². The van der Waals surface area contributed by atoms with Crippen molar-refractivity contribution < 1.29 is 29.0 Å². The van der Waals surface area contributed by atoms with E-state index < -0.39 is 30.1 Å². The number of amides is 2. The molecule has 1 aliphatic rings. The van der Waals surface area contributed by atoms with Crippen molar-refractivity contribution in [3.8, 4) is 11.1 Å². The zero-order valence-corrected chi connectivity index (χ0v) is 22.6. The molecule has 2 atom stereocenters. The fourth-order valence-electron chi connectivity index (χ4n) is 4.99. The number of nitrogens with one attached hydrogen (secondary N) is 2. The number of carboxylic acids is 1. The van der Waals surface area contributed by atoms with Crippen LogP contribution in [0.5, 0.6) is 0 Å². The third-order valence-corrected chi connectivity index (χ3v) is 7.03. The highest BCUT2D eigenvalue weighted by atomic mass is 16.5. The maximum absolute atomic E-state index is 13.4. The first-order valence-electron chi connectivity index (χ1n) is 13.2. The number of nitrogens with zero attached hydrogens (tertiary/aromatic N) is 2. The standard InChI is InChI=1S/C31H30N4O6/c1-19(40-17-20-10-4-3-5-11-20)27(29(36)33-28-25(30(37)38)16-35(2)34-28)32-31(39)41-18-26-23-14-8-6-12-21(23)22-13-7-9-15-24(22)26/h3-16,19,26-27H,17-18H2,1-2H3,(H,32,39)(H,37,38)(H,33,34,36)/t19-,27+/m0/s1. The van der Waals surface area contributed by atoms with Crippen molar-refractivity contribution in [1.29, 1.82) is 0 Å². The Morgan fingerprint density at radius 3 is 2.20 bits per heavy atom. The number of rotatable bonds is 10. The number of aromatic nitrogens is 2. The summed E-state index contributed by atoms with van der Waals surface area (Å²) in [6.07, 6.45) is -0.323. The molecule has 10 nitrogen and oxygen atoms in total. The average Bonchev–Trinajstić information content (AvgIpc) is 3.51. The third-order valence-electron chi connectivity index (χ3n) is 7.03. The van der Waals surface area contributed by atoms with Crippen LogP contribution in [0.4, 0.5) is 10.6 Å². The number of hydrogen-bond acceptors (Lipinski definition) is 6. The number of carbonyl (C=O) groups excluding carboxylic acids is 2. The maximum Gasteiger partial charge on any atom is 0.407 e. The second kappa shape index (κ2) is 12.1. The van der Waals surface area contributed by atoms with Gasteiger partial charge in [0.2, 0.25) is 0 Å². The first-order chi connectivity index (χ1) is 19.8. The van der Waals surface area contributed by atoms with Crippen LogP contribution in [0.2, 0.25) is 0 Å². The van der Waals surface area contributed by atoms with Crippen molar-refractivity contribution in [3.63, 3.8) is 0 Å². The lowest BCUT2D eigenvalue weighted by Gasteiger charge is -2.24. The van der Waals surface area contributed by atoms with Crippen LogP contribution in [-0.2, 0) is 27.9 Å². The molecule has 0 saturated carbocycles. The number of carbonyl (C=O) groups is 3. The largest absolute Gasteiger partial charge is 0.477 e. The summed E-state index contributed by atoms with van der Waals surface area (Å²) in [5, 5.41) is 18.7. The van der Waals surface area contributed by atoms with E-state index in [-0.39, 0.29) is 30.5 Å². The summed E-state index contributed by atoms with van der Waals surface area (Å²) in [5.74, 6) is -2.23. The normalized spacial score (nSPS) is 13.5. The van der Waals surface area contributed by atoms with Gasteiger partial charge >= 0.3 is 12.1 Å².